The molecule has 2 rings (SSSR count). The highest BCUT2D eigenvalue weighted by molar-refractivity contribution is 6.32. The smallest absolute Gasteiger partial charge is 0.226 e. The number of hydrogen-bond donors (Lipinski definition) is 0. The van der Waals surface area contributed by atoms with Gasteiger partial charge in [-0.2, -0.15) is 10.2 Å². The average Bonchev–Trinajstić information content (AvgIpc) is 2.85. The molecule has 6 heteroatoms. The summed E-state index contributed by atoms with van der Waals surface area (Å²) in [7, 11) is 0. The largest absolute Gasteiger partial charge is 0.484 e. The van der Waals surface area contributed by atoms with Gasteiger partial charge in [0.15, 0.2) is 6.61 Å². The topological polar surface area (TPSA) is 71.9 Å². The zero-order valence-corrected chi connectivity index (χ0v) is 10.4. The molecule has 18 heavy (non-hydrogen) atoms. The lowest BCUT2D eigenvalue weighted by Crippen LogP contribution is -1.98. The normalized spacial score (nSPS) is 10.1. The van der Waals surface area contributed by atoms with Gasteiger partial charge in [0, 0.05) is 6.42 Å². The van der Waals surface area contributed by atoms with Gasteiger partial charge in [-0.3, -0.25) is 0 Å². The number of halogens is 1. The van der Waals surface area contributed by atoms with Crippen molar-refractivity contribution in [3.8, 4) is 11.8 Å². The van der Waals surface area contributed by atoms with Crippen LogP contribution in [-0.4, -0.2) is 10.1 Å². The van der Waals surface area contributed by atoms with E-state index in [0.29, 0.717) is 34.5 Å². The second-order valence-corrected chi connectivity index (χ2v) is 3.91. The average molecular weight is 264 g/mol. The molecule has 0 radical (unpaired) electrons. The molecule has 0 aliphatic heterocycles. The van der Waals surface area contributed by atoms with E-state index in [-0.39, 0.29) is 6.61 Å². The van der Waals surface area contributed by atoms with Crippen molar-refractivity contribution >= 4 is 11.6 Å². The van der Waals surface area contributed by atoms with Gasteiger partial charge in [0.1, 0.15) is 5.75 Å². The lowest BCUT2D eigenvalue weighted by molar-refractivity contribution is 0.285. The van der Waals surface area contributed by atoms with Crippen LogP contribution in [0.15, 0.2) is 22.7 Å². The third-order valence-electron chi connectivity index (χ3n) is 2.23. The molecule has 0 spiro atoms. The summed E-state index contributed by atoms with van der Waals surface area (Å²) >= 11 is 5.97. The van der Waals surface area contributed by atoms with Gasteiger partial charge in [-0.1, -0.05) is 23.7 Å². The van der Waals surface area contributed by atoms with Gasteiger partial charge in [0.2, 0.25) is 11.7 Å². The molecule has 0 bridgehead atoms. The van der Waals surface area contributed by atoms with Crippen molar-refractivity contribution in [3.05, 3.63) is 40.5 Å². The lowest BCUT2D eigenvalue weighted by Gasteiger charge is -2.05. The first-order valence-corrected chi connectivity index (χ1v) is 5.74. The van der Waals surface area contributed by atoms with Crippen LogP contribution in [0.4, 0.5) is 0 Å². The predicted octanol–water partition coefficient (Wildman–Crippen LogP) is 2.74. The number of benzene rings is 1. The Hall–Kier alpha value is -2.06. The van der Waals surface area contributed by atoms with Crippen LogP contribution < -0.4 is 4.74 Å². The summed E-state index contributed by atoms with van der Waals surface area (Å²) in [6.07, 6.45) is 0.685. The summed E-state index contributed by atoms with van der Waals surface area (Å²) in [6.45, 7) is 2.10. The molecule has 2 aromatic rings. The number of rotatable bonds is 4. The van der Waals surface area contributed by atoms with Gasteiger partial charge in [-0.15, -0.1) is 0 Å². The standard InChI is InChI=1S/C12H10ClN3O2/c1-2-12-15-11(16-18-12)7-17-10-4-3-8(6-14)5-9(10)13/h3-5H,2,7H2,1H3. The molecule has 1 aromatic carbocycles. The van der Waals surface area contributed by atoms with Gasteiger partial charge >= 0.3 is 0 Å². The van der Waals surface area contributed by atoms with E-state index in [1.54, 1.807) is 18.2 Å². The Morgan fingerprint density at radius 1 is 1.50 bits per heavy atom. The Bertz CT molecular complexity index is 589. The number of nitrogens with zero attached hydrogens (tertiary/aromatic N) is 3. The maximum absolute atomic E-state index is 8.71. The summed E-state index contributed by atoms with van der Waals surface area (Å²) in [5.41, 5.74) is 0.486. The molecule has 0 saturated heterocycles. The first kappa shape index (κ1) is 12.4. The Balaban J connectivity index is 2.04. The molecule has 0 amide bonds. The zero-order chi connectivity index (χ0) is 13.0. The fourth-order valence-electron chi connectivity index (χ4n) is 1.32. The number of aromatic nitrogens is 2. The van der Waals surface area contributed by atoms with Crippen LogP contribution in [0.25, 0.3) is 0 Å². The highest BCUT2D eigenvalue weighted by Crippen LogP contribution is 2.25. The molecule has 0 saturated carbocycles. The Kier molecular flexibility index (Phi) is 3.80. The molecule has 0 aliphatic carbocycles. The second kappa shape index (κ2) is 5.52. The Morgan fingerprint density at radius 2 is 2.33 bits per heavy atom. The number of hydrogen-bond acceptors (Lipinski definition) is 5. The molecule has 0 N–H and O–H groups in total. The van der Waals surface area contributed by atoms with Crippen molar-refractivity contribution in [1.82, 2.24) is 10.1 Å². The fraction of sp³-hybridized carbons (Fsp3) is 0.250. The zero-order valence-electron chi connectivity index (χ0n) is 9.68. The van der Waals surface area contributed by atoms with Crippen LogP contribution in [0, 0.1) is 11.3 Å². The van der Waals surface area contributed by atoms with Crippen molar-refractivity contribution in [2.45, 2.75) is 20.0 Å². The molecule has 0 fully saturated rings. The van der Waals surface area contributed by atoms with E-state index in [2.05, 4.69) is 10.1 Å². The summed E-state index contributed by atoms with van der Waals surface area (Å²) in [5, 5.41) is 12.9. The maximum Gasteiger partial charge on any atom is 0.226 e. The van der Waals surface area contributed by atoms with Gasteiger partial charge in [-0.05, 0) is 18.2 Å². The molecule has 92 valence electrons. The molecule has 0 aliphatic rings. The summed E-state index contributed by atoms with van der Waals surface area (Å²) < 4.78 is 10.4. The maximum atomic E-state index is 8.71. The van der Waals surface area contributed by atoms with Crippen molar-refractivity contribution in [3.63, 3.8) is 0 Å². The van der Waals surface area contributed by atoms with Crippen LogP contribution >= 0.6 is 11.6 Å². The van der Waals surface area contributed by atoms with Crippen molar-refractivity contribution in [1.29, 1.82) is 5.26 Å². The van der Waals surface area contributed by atoms with Crippen LogP contribution in [0.5, 0.6) is 5.75 Å². The van der Waals surface area contributed by atoms with Gasteiger partial charge < -0.3 is 9.26 Å². The minimum Gasteiger partial charge on any atom is -0.484 e. The first-order chi connectivity index (χ1) is 8.72. The Morgan fingerprint density at radius 3 is 2.94 bits per heavy atom. The number of ether oxygens (including phenoxy) is 1. The molecule has 0 unspecified atom stereocenters. The molecular weight excluding hydrogens is 254 g/mol. The quantitative estimate of drug-likeness (QED) is 0.848. The highest BCUT2D eigenvalue weighted by atomic mass is 35.5. The molecule has 5 nitrogen and oxygen atoms in total. The van der Waals surface area contributed by atoms with Crippen molar-refractivity contribution < 1.29 is 9.26 Å². The molecule has 0 atom stereocenters. The summed E-state index contributed by atoms with van der Waals surface area (Å²) in [6, 6.07) is 6.82. The second-order valence-electron chi connectivity index (χ2n) is 3.50. The van der Waals surface area contributed by atoms with Crippen LogP contribution in [0.3, 0.4) is 0 Å². The number of aryl methyl sites for hydroxylation is 1. The summed E-state index contributed by atoms with van der Waals surface area (Å²) in [4.78, 5) is 4.11. The minimum absolute atomic E-state index is 0.176. The van der Waals surface area contributed by atoms with E-state index in [0.717, 1.165) is 0 Å². The molecule has 1 aromatic heterocycles. The van der Waals surface area contributed by atoms with E-state index in [1.807, 2.05) is 13.0 Å². The van der Waals surface area contributed by atoms with E-state index >= 15 is 0 Å². The van der Waals surface area contributed by atoms with Crippen molar-refractivity contribution in [2.24, 2.45) is 0 Å². The van der Waals surface area contributed by atoms with Crippen LogP contribution in [0.1, 0.15) is 24.2 Å². The lowest BCUT2D eigenvalue weighted by atomic mass is 10.2. The third-order valence-corrected chi connectivity index (χ3v) is 2.53. The third kappa shape index (κ3) is 2.79. The monoisotopic (exact) mass is 263 g/mol. The van der Waals surface area contributed by atoms with Crippen LogP contribution in [-0.2, 0) is 13.0 Å². The molecular formula is C12H10ClN3O2. The van der Waals surface area contributed by atoms with E-state index in [4.69, 9.17) is 26.1 Å². The molecule has 1 heterocycles. The van der Waals surface area contributed by atoms with Gasteiger partial charge in [0.25, 0.3) is 0 Å². The van der Waals surface area contributed by atoms with Gasteiger partial charge in [-0.25, -0.2) is 0 Å². The summed E-state index contributed by atoms with van der Waals surface area (Å²) in [5.74, 6) is 1.52. The minimum atomic E-state index is 0.176. The Labute approximate surface area is 109 Å². The SMILES string of the molecule is CCc1nc(COc2ccc(C#N)cc2Cl)no1. The van der Waals surface area contributed by atoms with Crippen LogP contribution in [0.2, 0.25) is 5.02 Å². The van der Waals surface area contributed by atoms with E-state index in [1.165, 1.54) is 0 Å². The van der Waals surface area contributed by atoms with Gasteiger partial charge in [0.05, 0.1) is 16.7 Å². The van der Waals surface area contributed by atoms with E-state index in [9.17, 15) is 0 Å². The van der Waals surface area contributed by atoms with E-state index < -0.39 is 0 Å². The van der Waals surface area contributed by atoms with Crippen molar-refractivity contribution in [2.75, 3.05) is 0 Å². The predicted molar refractivity (Wildman–Crippen MR) is 64.2 cm³/mol. The fourth-order valence-corrected chi connectivity index (χ4v) is 1.56. The number of nitriles is 1. The highest BCUT2D eigenvalue weighted by Gasteiger charge is 2.07. The first-order valence-electron chi connectivity index (χ1n) is 5.37.